The van der Waals surface area contributed by atoms with E-state index >= 15 is 0 Å². The Labute approximate surface area is 158 Å². The van der Waals surface area contributed by atoms with Gasteiger partial charge in [0.1, 0.15) is 5.75 Å². The van der Waals surface area contributed by atoms with Crippen LogP contribution < -0.4 is 0 Å². The first-order valence-electron chi connectivity index (χ1n) is 9.41. The van der Waals surface area contributed by atoms with Gasteiger partial charge < -0.3 is 14.2 Å². The molecule has 0 bridgehead atoms. The van der Waals surface area contributed by atoms with Gasteiger partial charge in [0.15, 0.2) is 6.11 Å². The zero-order chi connectivity index (χ0) is 19.3. The summed E-state index contributed by atoms with van der Waals surface area (Å²) in [5.74, 6) is 2.43. The molecule has 154 valence electrons. The summed E-state index contributed by atoms with van der Waals surface area (Å²) < 4.78 is 42.9. The molecule has 0 spiro atoms. The normalized spacial score (nSPS) is 11.2. The van der Waals surface area contributed by atoms with Gasteiger partial charge in [-0.3, -0.25) is 4.89 Å². The topological polar surface area (TPSA) is 80.3 Å². The second kappa shape index (κ2) is 18.9. The van der Waals surface area contributed by atoms with Crippen LogP contribution in [-0.4, -0.2) is 53.8 Å². The van der Waals surface area contributed by atoms with Crippen LogP contribution in [0.25, 0.3) is 0 Å². The van der Waals surface area contributed by atoms with Crippen molar-refractivity contribution in [1.82, 2.24) is 0 Å². The molecule has 0 unspecified atom stereocenters. The third kappa shape index (κ3) is 19.5. The second-order valence-electron chi connectivity index (χ2n) is 5.63. The lowest BCUT2D eigenvalue weighted by Gasteiger charge is -2.05. The van der Waals surface area contributed by atoms with Crippen molar-refractivity contribution in [3.05, 3.63) is 0 Å². The van der Waals surface area contributed by atoms with Crippen molar-refractivity contribution in [3.8, 4) is 12.0 Å². The van der Waals surface area contributed by atoms with Gasteiger partial charge in [0.05, 0.1) is 33.0 Å². The molecule has 0 amide bonds. The van der Waals surface area contributed by atoms with E-state index in [0.717, 1.165) is 12.8 Å². The first-order valence-corrected chi connectivity index (χ1v) is 11.0. The van der Waals surface area contributed by atoms with Crippen molar-refractivity contribution < 1.29 is 31.8 Å². The molecule has 0 aromatic heterocycles. The molecule has 0 rings (SSSR count). The van der Waals surface area contributed by atoms with Crippen LogP contribution in [0, 0.1) is 12.0 Å². The Hall–Kier alpha value is -0.850. The minimum Gasteiger partial charge on any atom is -0.379 e. The number of unbranched alkanes of at least 4 members (excludes halogenated alkanes) is 6. The average Bonchev–Trinajstić information content (AvgIpc) is 2.62. The van der Waals surface area contributed by atoms with E-state index in [1.165, 1.54) is 25.7 Å². The molecule has 0 atom stereocenters. The summed E-state index contributed by atoms with van der Waals surface area (Å²) in [5.41, 5.74) is 0. The Balaban J connectivity index is 3.49. The lowest BCUT2D eigenvalue weighted by molar-refractivity contribution is -0.127. The first-order chi connectivity index (χ1) is 12.6. The van der Waals surface area contributed by atoms with Crippen LogP contribution in [0.15, 0.2) is 0 Å². The van der Waals surface area contributed by atoms with Gasteiger partial charge in [0.2, 0.25) is 0 Å². The van der Waals surface area contributed by atoms with Crippen LogP contribution in [0.4, 0.5) is 0 Å². The predicted molar refractivity (Wildman–Crippen MR) is 99.9 cm³/mol. The van der Waals surface area contributed by atoms with Gasteiger partial charge in [-0.05, 0) is 17.7 Å². The van der Waals surface area contributed by atoms with Crippen LogP contribution in [0.3, 0.4) is 0 Å². The summed E-state index contributed by atoms with van der Waals surface area (Å²) in [6.45, 7) is 6.48. The van der Waals surface area contributed by atoms with Crippen LogP contribution in [-0.2, 0) is 33.6 Å². The SMILES string of the molecule is CCCCCCCCC#COOS(=O)(=O)CCOCCOCCOCC. The van der Waals surface area contributed by atoms with E-state index in [-0.39, 0.29) is 12.4 Å². The summed E-state index contributed by atoms with van der Waals surface area (Å²) >= 11 is 0. The molecule has 0 aliphatic heterocycles. The maximum Gasteiger partial charge on any atom is 0.306 e. The molecule has 0 aromatic carbocycles. The fourth-order valence-electron chi connectivity index (χ4n) is 1.92. The van der Waals surface area contributed by atoms with Crippen molar-refractivity contribution in [2.75, 3.05) is 45.4 Å². The van der Waals surface area contributed by atoms with E-state index in [1.54, 1.807) is 0 Å². The van der Waals surface area contributed by atoms with Gasteiger partial charge in [-0.2, -0.15) is 8.42 Å². The van der Waals surface area contributed by atoms with Gasteiger partial charge in [-0.25, -0.2) is 0 Å². The highest BCUT2D eigenvalue weighted by atomic mass is 32.2. The number of rotatable bonds is 18. The fourth-order valence-corrected chi connectivity index (χ4v) is 2.45. The number of ether oxygens (including phenoxy) is 3. The Kier molecular flexibility index (Phi) is 18.3. The van der Waals surface area contributed by atoms with Gasteiger partial charge in [0.25, 0.3) is 0 Å². The van der Waals surface area contributed by atoms with Gasteiger partial charge in [0, 0.05) is 13.0 Å². The third-order valence-electron chi connectivity index (χ3n) is 3.33. The van der Waals surface area contributed by atoms with Gasteiger partial charge in [-0.1, -0.05) is 44.9 Å². The molecule has 0 aliphatic rings. The van der Waals surface area contributed by atoms with Crippen LogP contribution in [0.2, 0.25) is 0 Å². The summed E-state index contributed by atoms with van der Waals surface area (Å²) in [6, 6.07) is 0. The standard InChI is InChI=1S/C18H34O7S/c1-3-5-6-7-8-9-10-11-12-24-25-26(19,20)18-17-23-16-15-22-14-13-21-4-2/h3-10,13-18H2,1-2H3. The lowest BCUT2D eigenvalue weighted by Crippen LogP contribution is -2.16. The Morgan fingerprint density at radius 3 is 2.08 bits per heavy atom. The first kappa shape index (κ1) is 25.1. The maximum atomic E-state index is 11.5. The summed E-state index contributed by atoms with van der Waals surface area (Å²) in [4.78, 5) is 4.43. The molecular formula is C18H34O7S. The maximum absolute atomic E-state index is 11.5. The van der Waals surface area contributed by atoms with E-state index in [1.807, 2.05) is 6.92 Å². The van der Waals surface area contributed by atoms with Gasteiger partial charge >= 0.3 is 10.1 Å². The smallest absolute Gasteiger partial charge is 0.306 e. The fraction of sp³-hybridized carbons (Fsp3) is 0.889. The highest BCUT2D eigenvalue weighted by Crippen LogP contribution is 2.06. The highest BCUT2D eigenvalue weighted by molar-refractivity contribution is 7.86. The predicted octanol–water partition coefficient (Wildman–Crippen LogP) is 3.05. The van der Waals surface area contributed by atoms with Crippen molar-refractivity contribution in [3.63, 3.8) is 0 Å². The van der Waals surface area contributed by atoms with Crippen molar-refractivity contribution in [2.24, 2.45) is 0 Å². The van der Waals surface area contributed by atoms with Crippen LogP contribution in [0.1, 0.15) is 58.8 Å². The van der Waals surface area contributed by atoms with Gasteiger partial charge in [-0.15, -0.1) is 0 Å². The number of hydrogen-bond acceptors (Lipinski definition) is 7. The monoisotopic (exact) mass is 394 g/mol. The van der Waals surface area contributed by atoms with E-state index < -0.39 is 10.1 Å². The summed E-state index contributed by atoms with van der Waals surface area (Å²) in [5, 5.41) is 0. The van der Waals surface area contributed by atoms with E-state index in [0.29, 0.717) is 39.5 Å². The molecule has 7 nitrogen and oxygen atoms in total. The van der Waals surface area contributed by atoms with Crippen LogP contribution >= 0.6 is 0 Å². The molecular weight excluding hydrogens is 360 g/mol. The van der Waals surface area contributed by atoms with Crippen molar-refractivity contribution in [1.29, 1.82) is 0 Å². The minimum absolute atomic E-state index is 0.00566. The zero-order valence-corrected chi connectivity index (χ0v) is 17.0. The molecule has 0 saturated heterocycles. The summed E-state index contributed by atoms with van der Waals surface area (Å²) in [7, 11) is -3.80. The minimum atomic E-state index is -3.80. The Bertz CT molecular complexity index is 454. The molecule has 0 saturated carbocycles. The third-order valence-corrected chi connectivity index (χ3v) is 4.27. The van der Waals surface area contributed by atoms with Crippen LogP contribution in [0.5, 0.6) is 0 Å². The summed E-state index contributed by atoms with van der Waals surface area (Å²) in [6.07, 6.45) is 9.99. The molecule has 8 heteroatoms. The highest BCUT2D eigenvalue weighted by Gasteiger charge is 2.12. The molecule has 0 heterocycles. The molecule has 0 aromatic rings. The average molecular weight is 395 g/mol. The quantitative estimate of drug-likeness (QED) is 0.153. The number of hydrogen-bond donors (Lipinski definition) is 0. The lowest BCUT2D eigenvalue weighted by atomic mass is 10.1. The molecule has 0 radical (unpaired) electrons. The largest absolute Gasteiger partial charge is 0.379 e. The van der Waals surface area contributed by atoms with E-state index in [9.17, 15) is 8.42 Å². The molecule has 0 N–H and O–H groups in total. The Morgan fingerprint density at radius 2 is 1.38 bits per heavy atom. The zero-order valence-electron chi connectivity index (χ0n) is 16.2. The molecule has 26 heavy (non-hydrogen) atoms. The molecule has 0 aliphatic carbocycles. The second-order valence-corrected chi connectivity index (χ2v) is 7.29. The van der Waals surface area contributed by atoms with E-state index in [2.05, 4.69) is 28.2 Å². The van der Waals surface area contributed by atoms with Crippen molar-refractivity contribution >= 4 is 10.1 Å². The Morgan fingerprint density at radius 1 is 0.769 bits per heavy atom. The van der Waals surface area contributed by atoms with Crippen molar-refractivity contribution in [2.45, 2.75) is 58.8 Å². The molecule has 0 fully saturated rings. The van der Waals surface area contributed by atoms with E-state index in [4.69, 9.17) is 14.2 Å².